The molecule has 0 saturated carbocycles. The standard InChI is InChI=1S/C28H20BrClN2O4/c29-23-10-15-26(36-28(34)21-6-11-24(30)12-7-21)22(16-23)17-31-32-27(33)18-35-25-13-8-20(9-14-25)19-4-2-1-3-5-19/h1-17H,18H2,(H,32,33)/b31-17+. The van der Waals surface area contributed by atoms with E-state index in [9.17, 15) is 9.59 Å². The minimum Gasteiger partial charge on any atom is -0.484 e. The number of hydrogen-bond acceptors (Lipinski definition) is 5. The lowest BCUT2D eigenvalue weighted by Crippen LogP contribution is -2.24. The molecule has 0 spiro atoms. The van der Waals surface area contributed by atoms with E-state index in [1.807, 2.05) is 54.6 Å². The third-order valence-corrected chi connectivity index (χ3v) is 5.72. The lowest BCUT2D eigenvalue weighted by Gasteiger charge is -2.08. The van der Waals surface area contributed by atoms with Gasteiger partial charge in [-0.1, -0.05) is 70.0 Å². The Morgan fingerprint density at radius 1 is 0.889 bits per heavy atom. The second-order valence-electron chi connectivity index (χ2n) is 7.55. The monoisotopic (exact) mass is 562 g/mol. The van der Waals surface area contributed by atoms with Gasteiger partial charge in [0.25, 0.3) is 5.91 Å². The highest BCUT2D eigenvalue weighted by molar-refractivity contribution is 9.10. The third kappa shape index (κ3) is 7.04. The Bertz CT molecular complexity index is 1380. The minimum atomic E-state index is -0.542. The summed E-state index contributed by atoms with van der Waals surface area (Å²) in [5, 5.41) is 4.49. The summed E-state index contributed by atoms with van der Waals surface area (Å²) in [6, 6.07) is 28.9. The Hall–Kier alpha value is -3.94. The van der Waals surface area contributed by atoms with Gasteiger partial charge in [-0.05, 0) is 65.7 Å². The Labute approximate surface area is 221 Å². The maximum Gasteiger partial charge on any atom is 0.343 e. The summed E-state index contributed by atoms with van der Waals surface area (Å²) in [4.78, 5) is 24.6. The summed E-state index contributed by atoms with van der Waals surface area (Å²) in [7, 11) is 0. The first-order valence-electron chi connectivity index (χ1n) is 10.9. The highest BCUT2D eigenvalue weighted by atomic mass is 79.9. The third-order valence-electron chi connectivity index (χ3n) is 4.98. The van der Waals surface area contributed by atoms with Gasteiger partial charge < -0.3 is 9.47 Å². The van der Waals surface area contributed by atoms with Crippen LogP contribution in [-0.2, 0) is 4.79 Å². The molecule has 0 aromatic heterocycles. The van der Waals surface area contributed by atoms with Gasteiger partial charge in [-0.2, -0.15) is 5.10 Å². The second kappa shape index (κ2) is 12.2. The Balaban J connectivity index is 1.32. The molecule has 4 aromatic rings. The molecule has 0 heterocycles. The zero-order valence-electron chi connectivity index (χ0n) is 18.9. The van der Waals surface area contributed by atoms with E-state index < -0.39 is 11.9 Å². The highest BCUT2D eigenvalue weighted by Gasteiger charge is 2.12. The van der Waals surface area contributed by atoms with Crippen LogP contribution in [0.5, 0.6) is 11.5 Å². The summed E-state index contributed by atoms with van der Waals surface area (Å²) >= 11 is 9.25. The minimum absolute atomic E-state index is 0.209. The number of ether oxygens (including phenoxy) is 2. The van der Waals surface area contributed by atoms with E-state index in [4.69, 9.17) is 21.1 Å². The van der Waals surface area contributed by atoms with E-state index in [2.05, 4.69) is 26.5 Å². The lowest BCUT2D eigenvalue weighted by molar-refractivity contribution is -0.123. The van der Waals surface area contributed by atoms with Gasteiger partial charge in [0.1, 0.15) is 11.5 Å². The summed E-state index contributed by atoms with van der Waals surface area (Å²) in [6.07, 6.45) is 1.39. The largest absolute Gasteiger partial charge is 0.484 e. The van der Waals surface area contributed by atoms with E-state index in [-0.39, 0.29) is 12.4 Å². The van der Waals surface area contributed by atoms with Crippen LogP contribution < -0.4 is 14.9 Å². The molecular weight excluding hydrogens is 544 g/mol. The van der Waals surface area contributed by atoms with Crippen LogP contribution in [0.1, 0.15) is 15.9 Å². The molecule has 0 bridgehead atoms. The SMILES string of the molecule is O=C(COc1ccc(-c2ccccc2)cc1)N/N=C/c1cc(Br)ccc1OC(=O)c1ccc(Cl)cc1. The molecule has 1 N–H and O–H groups in total. The molecule has 36 heavy (non-hydrogen) atoms. The van der Waals surface area contributed by atoms with Crippen LogP contribution in [0.4, 0.5) is 0 Å². The maximum atomic E-state index is 12.5. The molecule has 4 aromatic carbocycles. The van der Waals surface area contributed by atoms with E-state index in [0.29, 0.717) is 21.9 Å². The first-order chi connectivity index (χ1) is 17.5. The van der Waals surface area contributed by atoms with Crippen molar-refractivity contribution in [2.45, 2.75) is 0 Å². The molecule has 1 amide bonds. The Morgan fingerprint density at radius 2 is 1.58 bits per heavy atom. The normalized spacial score (nSPS) is 10.7. The van der Waals surface area contributed by atoms with Crippen molar-refractivity contribution in [3.63, 3.8) is 0 Å². The van der Waals surface area contributed by atoms with Crippen LogP contribution in [-0.4, -0.2) is 24.7 Å². The first-order valence-corrected chi connectivity index (χ1v) is 12.0. The molecule has 0 unspecified atom stereocenters. The molecule has 8 heteroatoms. The molecule has 0 atom stereocenters. The van der Waals surface area contributed by atoms with Gasteiger partial charge in [0, 0.05) is 15.1 Å². The molecule has 0 radical (unpaired) electrons. The van der Waals surface area contributed by atoms with Gasteiger partial charge in [0.05, 0.1) is 11.8 Å². The van der Waals surface area contributed by atoms with Crippen LogP contribution in [0.2, 0.25) is 5.02 Å². The fraction of sp³-hybridized carbons (Fsp3) is 0.0357. The number of halogens is 2. The van der Waals surface area contributed by atoms with Crippen LogP contribution in [0, 0.1) is 0 Å². The topological polar surface area (TPSA) is 77.0 Å². The van der Waals surface area contributed by atoms with Gasteiger partial charge in [0.2, 0.25) is 0 Å². The average Bonchev–Trinajstić information content (AvgIpc) is 2.90. The number of carbonyl (C=O) groups excluding carboxylic acids is 2. The molecular formula is C28H20BrClN2O4. The first kappa shape index (κ1) is 25.2. The van der Waals surface area contributed by atoms with Crippen LogP contribution >= 0.6 is 27.5 Å². The number of amides is 1. The second-order valence-corrected chi connectivity index (χ2v) is 8.90. The molecule has 4 rings (SSSR count). The lowest BCUT2D eigenvalue weighted by atomic mass is 10.1. The summed E-state index contributed by atoms with van der Waals surface area (Å²) in [5.74, 6) is -0.129. The van der Waals surface area contributed by atoms with Gasteiger partial charge in [-0.3, -0.25) is 4.79 Å². The Morgan fingerprint density at radius 3 is 2.31 bits per heavy atom. The van der Waals surface area contributed by atoms with Crippen molar-refractivity contribution >= 4 is 45.6 Å². The maximum absolute atomic E-state index is 12.5. The smallest absolute Gasteiger partial charge is 0.343 e. The van der Waals surface area contributed by atoms with Crippen LogP contribution in [0.3, 0.4) is 0 Å². The number of nitrogens with one attached hydrogen (secondary N) is 1. The molecule has 0 aliphatic heterocycles. The number of benzene rings is 4. The Kier molecular flexibility index (Phi) is 8.49. The van der Waals surface area contributed by atoms with Gasteiger partial charge >= 0.3 is 5.97 Å². The van der Waals surface area contributed by atoms with Crippen molar-refractivity contribution < 1.29 is 19.1 Å². The van der Waals surface area contributed by atoms with E-state index in [0.717, 1.165) is 15.6 Å². The van der Waals surface area contributed by atoms with E-state index in [1.165, 1.54) is 6.21 Å². The number of rotatable bonds is 8. The van der Waals surface area contributed by atoms with Gasteiger partial charge in [0.15, 0.2) is 6.61 Å². The quantitative estimate of drug-likeness (QED) is 0.115. The molecule has 0 aliphatic rings. The van der Waals surface area contributed by atoms with Crippen molar-refractivity contribution in [3.8, 4) is 22.6 Å². The zero-order chi connectivity index (χ0) is 25.3. The number of esters is 1. The molecule has 180 valence electrons. The number of nitrogens with zero attached hydrogens (tertiary/aromatic N) is 1. The van der Waals surface area contributed by atoms with Crippen molar-refractivity contribution in [3.05, 3.63) is 118 Å². The number of hydrazone groups is 1. The fourth-order valence-electron chi connectivity index (χ4n) is 3.19. The zero-order valence-corrected chi connectivity index (χ0v) is 21.2. The van der Waals surface area contributed by atoms with E-state index in [1.54, 1.807) is 42.5 Å². The molecule has 6 nitrogen and oxygen atoms in total. The average molecular weight is 564 g/mol. The molecule has 0 aliphatic carbocycles. The predicted octanol–water partition coefficient (Wildman–Crippen LogP) is 6.52. The molecule has 0 saturated heterocycles. The van der Waals surface area contributed by atoms with Crippen molar-refractivity contribution in [2.75, 3.05) is 6.61 Å². The summed E-state index contributed by atoms with van der Waals surface area (Å²) in [6.45, 7) is -0.209. The van der Waals surface area contributed by atoms with E-state index >= 15 is 0 Å². The molecule has 0 fully saturated rings. The van der Waals surface area contributed by atoms with Crippen molar-refractivity contribution in [1.29, 1.82) is 0 Å². The van der Waals surface area contributed by atoms with Crippen molar-refractivity contribution in [1.82, 2.24) is 5.43 Å². The van der Waals surface area contributed by atoms with Crippen LogP contribution in [0.25, 0.3) is 11.1 Å². The number of carbonyl (C=O) groups is 2. The summed E-state index contributed by atoms with van der Waals surface area (Å²) in [5.41, 5.74) is 5.41. The predicted molar refractivity (Wildman–Crippen MR) is 144 cm³/mol. The van der Waals surface area contributed by atoms with Gasteiger partial charge in [-0.25, -0.2) is 10.2 Å². The van der Waals surface area contributed by atoms with Crippen LogP contribution in [0.15, 0.2) is 107 Å². The number of hydrogen-bond donors (Lipinski definition) is 1. The highest BCUT2D eigenvalue weighted by Crippen LogP contribution is 2.24. The summed E-state index contributed by atoms with van der Waals surface area (Å²) < 4.78 is 11.8. The fourth-order valence-corrected chi connectivity index (χ4v) is 3.69. The van der Waals surface area contributed by atoms with Crippen molar-refractivity contribution in [2.24, 2.45) is 5.10 Å². The van der Waals surface area contributed by atoms with Gasteiger partial charge in [-0.15, -0.1) is 0 Å².